The molecule has 0 spiro atoms. The van der Waals surface area contributed by atoms with Crippen LogP contribution in [-0.4, -0.2) is 37.4 Å². The van der Waals surface area contributed by atoms with Crippen LogP contribution in [0.4, 0.5) is 0 Å². The summed E-state index contributed by atoms with van der Waals surface area (Å²) >= 11 is 3.50. The lowest BCUT2D eigenvalue weighted by molar-refractivity contribution is 0.00578. The Morgan fingerprint density at radius 1 is 0.481 bits per heavy atom. The first-order valence-electron chi connectivity index (χ1n) is 17.5. The maximum atomic E-state index is 6.20. The van der Waals surface area contributed by atoms with Crippen molar-refractivity contribution in [3.8, 4) is 34.2 Å². The lowest BCUT2D eigenvalue weighted by Gasteiger charge is -2.32. The second-order valence-corrected chi connectivity index (χ2v) is 14.8. The van der Waals surface area contributed by atoms with E-state index in [2.05, 4.69) is 150 Å². The molecule has 0 radical (unpaired) electrons. The molecular weight excluding hydrogens is 731 g/mol. The Bertz CT molecular complexity index is 2460. The molecule has 272 valence electrons. The number of rotatable bonds is 5. The van der Waals surface area contributed by atoms with E-state index in [1.807, 2.05) is 60.7 Å². The first-order chi connectivity index (χ1) is 25.2. The van der Waals surface area contributed by atoms with Crippen molar-refractivity contribution in [2.75, 3.05) is 0 Å². The van der Waals surface area contributed by atoms with E-state index in [0.29, 0.717) is 0 Å². The van der Waals surface area contributed by atoms with E-state index in [1.54, 1.807) is 0 Å². The van der Waals surface area contributed by atoms with Crippen LogP contribution in [-0.2, 0) is 9.31 Å². The van der Waals surface area contributed by atoms with E-state index in [0.717, 1.165) is 66.2 Å². The highest BCUT2D eigenvalue weighted by molar-refractivity contribution is 9.10. The van der Waals surface area contributed by atoms with Gasteiger partial charge in [-0.05, 0) is 93.8 Å². The lowest BCUT2D eigenvalue weighted by atomic mass is 9.79. The minimum Gasteiger partial charge on any atom is -0.399 e. The summed E-state index contributed by atoms with van der Waals surface area (Å²) < 4.78 is 17.9. The Morgan fingerprint density at radius 3 is 1.28 bits per heavy atom. The molecule has 1 aliphatic heterocycles. The van der Waals surface area contributed by atoms with Crippen LogP contribution in [0.2, 0.25) is 0 Å². The van der Waals surface area contributed by atoms with E-state index in [-0.39, 0.29) is 33.2 Å². The number of fused-ring (bicyclic) bond motifs is 2. The summed E-state index contributed by atoms with van der Waals surface area (Å²) in [6, 6.07) is 53.8. The quantitative estimate of drug-likeness (QED) is 0.163. The van der Waals surface area contributed by atoms with E-state index >= 15 is 0 Å². The monoisotopic (exact) mass is 776 g/mol. The van der Waals surface area contributed by atoms with Crippen LogP contribution < -0.4 is 5.46 Å². The molecule has 54 heavy (non-hydrogen) atoms. The average Bonchev–Trinajstić information content (AvgIpc) is 3.82. The molecule has 9 rings (SSSR count). The molecule has 0 N–H and O–H groups in total. The van der Waals surface area contributed by atoms with Crippen LogP contribution in [0, 0.1) is 0 Å². The predicted molar refractivity (Wildman–Crippen MR) is 230 cm³/mol. The minimum absolute atomic E-state index is 0. The van der Waals surface area contributed by atoms with Crippen molar-refractivity contribution in [2.45, 2.75) is 53.8 Å². The van der Waals surface area contributed by atoms with Gasteiger partial charge < -0.3 is 9.31 Å². The summed E-state index contributed by atoms with van der Waals surface area (Å²) in [6.45, 7) is 8.30. The standard InChI is InChI=1S/C25H25BN2O2.C19H13BrN2.2CH4/c1-24(2)25(3,4)30-26(29-24)19-14-16-20(17-15-19)28-22-13-9-8-12-21(22)27-23(28)18-10-6-5-7-11-18;20-15-10-12-16(13-11-15)22-18-9-5-4-8-17(18)21-19(22)14-6-2-1-3-7-14;;/h5-17H,1-4H3;1-13H;2*1H4. The van der Waals surface area contributed by atoms with Crippen molar-refractivity contribution in [3.05, 3.63) is 162 Å². The molecule has 3 heterocycles. The molecule has 8 heteroatoms. The number of benzene rings is 6. The van der Waals surface area contributed by atoms with Gasteiger partial charge in [-0.25, -0.2) is 9.97 Å². The van der Waals surface area contributed by atoms with E-state index in [4.69, 9.17) is 19.3 Å². The highest BCUT2D eigenvalue weighted by Crippen LogP contribution is 2.37. The van der Waals surface area contributed by atoms with Gasteiger partial charge in [0.1, 0.15) is 11.6 Å². The molecule has 1 fully saturated rings. The molecule has 6 nitrogen and oxygen atoms in total. The second kappa shape index (κ2) is 15.6. The van der Waals surface area contributed by atoms with E-state index in [9.17, 15) is 0 Å². The molecule has 0 unspecified atom stereocenters. The van der Waals surface area contributed by atoms with Gasteiger partial charge in [-0.3, -0.25) is 9.13 Å². The Kier molecular flexibility index (Phi) is 11.1. The Balaban J connectivity index is 0.000000185. The van der Waals surface area contributed by atoms with Crippen LogP contribution in [0.25, 0.3) is 56.2 Å². The zero-order valence-corrected chi connectivity index (χ0v) is 31.2. The summed E-state index contributed by atoms with van der Waals surface area (Å²) in [5, 5.41) is 0. The van der Waals surface area contributed by atoms with Crippen molar-refractivity contribution in [1.29, 1.82) is 0 Å². The van der Waals surface area contributed by atoms with Gasteiger partial charge in [0.15, 0.2) is 0 Å². The molecular formula is C46H46BBrN4O2. The molecule has 8 aromatic rings. The second-order valence-electron chi connectivity index (χ2n) is 13.9. The molecule has 6 aromatic carbocycles. The van der Waals surface area contributed by atoms with Gasteiger partial charge in [0.05, 0.1) is 33.3 Å². The SMILES string of the molecule is Brc1ccc(-n2c(-c3ccccc3)nc3ccccc32)cc1.C.C.CC1(C)OB(c2ccc(-n3c(-c4ccccc4)nc4ccccc43)cc2)OC1(C)C. The highest BCUT2D eigenvalue weighted by Gasteiger charge is 2.51. The average molecular weight is 778 g/mol. The molecule has 0 atom stereocenters. The Hall–Kier alpha value is -5.28. The number of hydrogen-bond acceptors (Lipinski definition) is 4. The van der Waals surface area contributed by atoms with Gasteiger partial charge in [-0.2, -0.15) is 0 Å². The largest absolute Gasteiger partial charge is 0.494 e. The first-order valence-corrected chi connectivity index (χ1v) is 18.3. The smallest absolute Gasteiger partial charge is 0.399 e. The molecule has 0 saturated carbocycles. The number of hydrogen-bond donors (Lipinski definition) is 0. The molecule has 0 amide bonds. The summed E-state index contributed by atoms with van der Waals surface area (Å²) in [5.74, 6) is 1.89. The van der Waals surface area contributed by atoms with Gasteiger partial charge >= 0.3 is 7.12 Å². The van der Waals surface area contributed by atoms with Crippen molar-refractivity contribution in [2.24, 2.45) is 0 Å². The summed E-state index contributed by atoms with van der Waals surface area (Å²) in [6.07, 6.45) is 0. The third kappa shape index (κ3) is 7.29. The van der Waals surface area contributed by atoms with Crippen LogP contribution in [0.1, 0.15) is 42.5 Å². The molecule has 1 saturated heterocycles. The summed E-state index contributed by atoms with van der Waals surface area (Å²) in [4.78, 5) is 9.74. The van der Waals surface area contributed by atoms with Crippen LogP contribution in [0.3, 0.4) is 0 Å². The maximum Gasteiger partial charge on any atom is 0.494 e. The van der Waals surface area contributed by atoms with Crippen molar-refractivity contribution in [3.63, 3.8) is 0 Å². The fraction of sp³-hybridized carbons (Fsp3) is 0.174. The molecule has 1 aliphatic rings. The Morgan fingerprint density at radius 2 is 0.852 bits per heavy atom. The normalized spacial score (nSPS) is 14.2. The molecule has 0 aliphatic carbocycles. The lowest BCUT2D eigenvalue weighted by Crippen LogP contribution is -2.41. The van der Waals surface area contributed by atoms with Crippen LogP contribution in [0.5, 0.6) is 0 Å². The van der Waals surface area contributed by atoms with Crippen molar-refractivity contribution >= 4 is 50.6 Å². The van der Waals surface area contributed by atoms with Gasteiger partial charge in [0, 0.05) is 27.0 Å². The topological polar surface area (TPSA) is 54.1 Å². The minimum atomic E-state index is -0.364. The number of para-hydroxylation sites is 4. The molecule has 0 bridgehead atoms. The fourth-order valence-corrected chi connectivity index (χ4v) is 6.75. The van der Waals surface area contributed by atoms with E-state index in [1.165, 1.54) is 0 Å². The van der Waals surface area contributed by atoms with Gasteiger partial charge in [0.2, 0.25) is 0 Å². The summed E-state index contributed by atoms with van der Waals surface area (Å²) in [7, 11) is -0.364. The number of nitrogens with zero attached hydrogens (tertiary/aromatic N) is 4. The zero-order valence-electron chi connectivity index (χ0n) is 29.6. The number of aromatic nitrogens is 4. The first kappa shape index (κ1) is 38.4. The Labute approximate surface area is 327 Å². The summed E-state index contributed by atoms with van der Waals surface area (Å²) in [5.41, 5.74) is 8.86. The highest BCUT2D eigenvalue weighted by atomic mass is 79.9. The molecule has 2 aromatic heterocycles. The third-order valence-corrected chi connectivity index (χ3v) is 10.5. The van der Waals surface area contributed by atoms with Gasteiger partial charge in [0.25, 0.3) is 0 Å². The number of imidazole rings is 2. The zero-order chi connectivity index (χ0) is 35.9. The van der Waals surface area contributed by atoms with Crippen molar-refractivity contribution < 1.29 is 9.31 Å². The third-order valence-electron chi connectivity index (χ3n) is 9.95. The van der Waals surface area contributed by atoms with Crippen LogP contribution in [0.15, 0.2) is 162 Å². The number of halogens is 1. The van der Waals surface area contributed by atoms with Gasteiger partial charge in [-0.1, -0.05) is 128 Å². The maximum absolute atomic E-state index is 6.20. The van der Waals surface area contributed by atoms with Crippen molar-refractivity contribution in [1.82, 2.24) is 19.1 Å². The van der Waals surface area contributed by atoms with Gasteiger partial charge in [-0.15, -0.1) is 0 Å². The van der Waals surface area contributed by atoms with Crippen LogP contribution >= 0.6 is 15.9 Å². The fourth-order valence-electron chi connectivity index (χ4n) is 6.49. The van der Waals surface area contributed by atoms with E-state index < -0.39 is 0 Å². The predicted octanol–water partition coefficient (Wildman–Crippen LogP) is 11.7.